The highest BCUT2D eigenvalue weighted by atomic mass is 32.2. The lowest BCUT2D eigenvalue weighted by Crippen LogP contribution is -2.51. The number of hydrogen-bond acceptors (Lipinski definition) is 5. The van der Waals surface area contributed by atoms with Crippen molar-refractivity contribution in [3.63, 3.8) is 0 Å². The zero-order valence-corrected chi connectivity index (χ0v) is 13.1. The summed E-state index contributed by atoms with van der Waals surface area (Å²) in [4.78, 5) is 11.9. The largest absolute Gasteiger partial charge is 0.468 e. The first-order valence-corrected chi connectivity index (χ1v) is 7.49. The summed E-state index contributed by atoms with van der Waals surface area (Å²) in [6, 6.07) is 0. The molecule has 0 rings (SSSR count). The van der Waals surface area contributed by atoms with Gasteiger partial charge in [0.2, 0.25) is 0 Å². The van der Waals surface area contributed by atoms with E-state index in [1.165, 1.54) is 7.11 Å². The Morgan fingerprint density at radius 3 is 2.61 bits per heavy atom. The Balaban J connectivity index is 4.34. The SMILES string of the molecule is CCCNC(C)(CC(C)SCCOC)C(=O)OC. The summed E-state index contributed by atoms with van der Waals surface area (Å²) < 4.78 is 9.93. The van der Waals surface area contributed by atoms with Gasteiger partial charge in [0.1, 0.15) is 5.54 Å². The number of carbonyl (C=O) groups excluding carboxylic acids is 1. The summed E-state index contributed by atoms with van der Waals surface area (Å²) >= 11 is 1.82. The Kier molecular flexibility index (Phi) is 9.50. The number of ether oxygens (including phenoxy) is 2. The van der Waals surface area contributed by atoms with E-state index in [4.69, 9.17) is 9.47 Å². The molecule has 0 saturated heterocycles. The van der Waals surface area contributed by atoms with Crippen molar-refractivity contribution in [3.05, 3.63) is 0 Å². The van der Waals surface area contributed by atoms with E-state index in [9.17, 15) is 4.79 Å². The van der Waals surface area contributed by atoms with Gasteiger partial charge < -0.3 is 14.8 Å². The molecule has 18 heavy (non-hydrogen) atoms. The molecule has 1 N–H and O–H groups in total. The number of thioether (sulfide) groups is 1. The van der Waals surface area contributed by atoms with Crippen LogP contribution in [0.25, 0.3) is 0 Å². The lowest BCUT2D eigenvalue weighted by atomic mass is 9.96. The minimum Gasteiger partial charge on any atom is -0.468 e. The first kappa shape index (κ1) is 17.7. The molecule has 0 aliphatic heterocycles. The van der Waals surface area contributed by atoms with E-state index in [-0.39, 0.29) is 5.97 Å². The highest BCUT2D eigenvalue weighted by Gasteiger charge is 2.35. The van der Waals surface area contributed by atoms with E-state index in [1.807, 2.05) is 18.7 Å². The number of rotatable bonds is 10. The maximum atomic E-state index is 11.9. The van der Waals surface area contributed by atoms with Crippen molar-refractivity contribution in [2.24, 2.45) is 0 Å². The summed E-state index contributed by atoms with van der Waals surface area (Å²) in [5, 5.41) is 3.68. The van der Waals surface area contributed by atoms with Crippen LogP contribution in [0.15, 0.2) is 0 Å². The second-order valence-corrected chi connectivity index (χ2v) is 6.18. The smallest absolute Gasteiger partial charge is 0.325 e. The van der Waals surface area contributed by atoms with Crippen LogP contribution in [0.4, 0.5) is 0 Å². The predicted molar refractivity (Wildman–Crippen MR) is 77.1 cm³/mol. The van der Waals surface area contributed by atoms with Crippen LogP contribution in [0.2, 0.25) is 0 Å². The standard InChI is InChI=1S/C13H27NO3S/c1-6-7-14-13(3,12(15)17-5)10-11(2)18-9-8-16-4/h11,14H,6-10H2,1-5H3. The molecule has 4 nitrogen and oxygen atoms in total. The first-order chi connectivity index (χ1) is 8.50. The second-order valence-electron chi connectivity index (χ2n) is 4.63. The molecule has 108 valence electrons. The number of carbonyl (C=O) groups is 1. The minimum absolute atomic E-state index is 0.185. The molecule has 2 unspecified atom stereocenters. The summed E-state index contributed by atoms with van der Waals surface area (Å²) in [6.45, 7) is 7.70. The monoisotopic (exact) mass is 277 g/mol. The van der Waals surface area contributed by atoms with Gasteiger partial charge in [0.15, 0.2) is 0 Å². The fourth-order valence-electron chi connectivity index (χ4n) is 1.82. The van der Waals surface area contributed by atoms with Crippen molar-refractivity contribution < 1.29 is 14.3 Å². The van der Waals surface area contributed by atoms with Crippen LogP contribution >= 0.6 is 11.8 Å². The molecule has 0 aliphatic rings. The van der Waals surface area contributed by atoms with Crippen molar-refractivity contribution in [2.45, 2.75) is 44.4 Å². The van der Waals surface area contributed by atoms with Gasteiger partial charge in [0, 0.05) is 18.1 Å². The van der Waals surface area contributed by atoms with Crippen molar-refractivity contribution in [1.82, 2.24) is 5.32 Å². The summed E-state index contributed by atoms with van der Waals surface area (Å²) in [5.41, 5.74) is -0.593. The van der Waals surface area contributed by atoms with E-state index >= 15 is 0 Å². The quantitative estimate of drug-likeness (QED) is 0.489. The number of methoxy groups -OCH3 is 2. The van der Waals surface area contributed by atoms with Gasteiger partial charge in [0.05, 0.1) is 13.7 Å². The van der Waals surface area contributed by atoms with E-state index in [0.717, 1.165) is 31.7 Å². The topological polar surface area (TPSA) is 47.6 Å². The molecule has 0 saturated carbocycles. The van der Waals surface area contributed by atoms with Crippen LogP contribution in [0.3, 0.4) is 0 Å². The molecular weight excluding hydrogens is 250 g/mol. The molecule has 0 aromatic rings. The zero-order chi connectivity index (χ0) is 14.0. The fourth-order valence-corrected chi connectivity index (χ4v) is 2.94. The van der Waals surface area contributed by atoms with Crippen molar-refractivity contribution >= 4 is 17.7 Å². The fraction of sp³-hybridized carbons (Fsp3) is 0.923. The molecule has 0 aromatic heterocycles. The van der Waals surface area contributed by atoms with Crippen molar-refractivity contribution in [2.75, 3.05) is 33.1 Å². The van der Waals surface area contributed by atoms with Crippen LogP contribution in [0, 0.1) is 0 Å². The van der Waals surface area contributed by atoms with Gasteiger partial charge in [-0.05, 0) is 26.3 Å². The van der Waals surface area contributed by atoms with Gasteiger partial charge >= 0.3 is 5.97 Å². The molecule has 0 radical (unpaired) electrons. The van der Waals surface area contributed by atoms with E-state index < -0.39 is 5.54 Å². The summed E-state index contributed by atoms with van der Waals surface area (Å²) in [6.07, 6.45) is 1.76. The van der Waals surface area contributed by atoms with Crippen LogP contribution in [-0.4, -0.2) is 49.9 Å². The minimum atomic E-state index is -0.593. The Hall–Kier alpha value is -0.260. The average molecular weight is 277 g/mol. The third-order valence-electron chi connectivity index (χ3n) is 2.79. The van der Waals surface area contributed by atoms with E-state index in [2.05, 4.69) is 19.2 Å². The van der Waals surface area contributed by atoms with Crippen LogP contribution in [0.1, 0.15) is 33.6 Å². The maximum Gasteiger partial charge on any atom is 0.325 e. The molecule has 0 bridgehead atoms. The zero-order valence-electron chi connectivity index (χ0n) is 12.2. The summed E-state index contributed by atoms with van der Waals surface area (Å²) in [7, 11) is 3.14. The molecule has 0 fully saturated rings. The molecule has 5 heteroatoms. The lowest BCUT2D eigenvalue weighted by Gasteiger charge is -2.30. The highest BCUT2D eigenvalue weighted by molar-refractivity contribution is 7.99. The molecule has 0 aromatic carbocycles. The van der Waals surface area contributed by atoms with Gasteiger partial charge in [0.25, 0.3) is 0 Å². The third kappa shape index (κ3) is 6.61. The Morgan fingerprint density at radius 2 is 2.11 bits per heavy atom. The summed E-state index contributed by atoms with van der Waals surface area (Å²) in [5.74, 6) is 0.762. The average Bonchev–Trinajstić information content (AvgIpc) is 2.35. The van der Waals surface area contributed by atoms with E-state index in [1.54, 1.807) is 7.11 Å². The van der Waals surface area contributed by atoms with Crippen LogP contribution in [0.5, 0.6) is 0 Å². The van der Waals surface area contributed by atoms with Gasteiger partial charge in [-0.1, -0.05) is 13.8 Å². The van der Waals surface area contributed by atoms with Crippen molar-refractivity contribution in [1.29, 1.82) is 0 Å². The third-order valence-corrected chi connectivity index (χ3v) is 3.92. The molecule has 0 aliphatic carbocycles. The number of nitrogens with one attached hydrogen (secondary N) is 1. The lowest BCUT2D eigenvalue weighted by molar-refractivity contribution is -0.148. The molecule has 0 spiro atoms. The van der Waals surface area contributed by atoms with Gasteiger partial charge in [-0.25, -0.2) is 0 Å². The molecule has 2 atom stereocenters. The molecular formula is C13H27NO3S. The normalized spacial score (nSPS) is 16.1. The molecule has 0 heterocycles. The van der Waals surface area contributed by atoms with Gasteiger partial charge in [-0.3, -0.25) is 4.79 Å². The number of hydrogen-bond donors (Lipinski definition) is 1. The molecule has 0 amide bonds. The second kappa shape index (κ2) is 9.64. The van der Waals surface area contributed by atoms with Gasteiger partial charge in [-0.2, -0.15) is 11.8 Å². The van der Waals surface area contributed by atoms with Crippen LogP contribution in [-0.2, 0) is 14.3 Å². The Bertz CT molecular complexity index is 238. The first-order valence-electron chi connectivity index (χ1n) is 6.44. The number of esters is 1. The van der Waals surface area contributed by atoms with Crippen molar-refractivity contribution in [3.8, 4) is 0 Å². The van der Waals surface area contributed by atoms with Crippen LogP contribution < -0.4 is 5.32 Å². The maximum absolute atomic E-state index is 11.9. The van der Waals surface area contributed by atoms with Gasteiger partial charge in [-0.15, -0.1) is 0 Å². The predicted octanol–water partition coefficient (Wildman–Crippen LogP) is 2.08. The highest BCUT2D eigenvalue weighted by Crippen LogP contribution is 2.23. The Labute approximate surface area is 115 Å². The van der Waals surface area contributed by atoms with E-state index in [0.29, 0.717) is 5.25 Å². The Morgan fingerprint density at radius 1 is 1.44 bits per heavy atom.